The Morgan fingerprint density at radius 1 is 1.33 bits per heavy atom. The molecule has 0 unspecified atom stereocenters. The second-order valence-electron chi connectivity index (χ2n) is 5.89. The third kappa shape index (κ3) is 4.19. The lowest BCUT2D eigenvalue weighted by Gasteiger charge is -2.38. The van der Waals surface area contributed by atoms with Crippen LogP contribution in [0, 0.1) is 10.1 Å². The fourth-order valence-electron chi connectivity index (χ4n) is 2.02. The molecule has 1 heterocycles. The Kier molecular flexibility index (Phi) is 4.47. The highest BCUT2D eigenvalue weighted by Gasteiger charge is 2.25. The van der Waals surface area contributed by atoms with Crippen molar-refractivity contribution in [2.75, 3.05) is 19.7 Å². The average Bonchev–Trinajstić information content (AvgIpc) is 2.45. The molecule has 0 radical (unpaired) electrons. The first-order valence-corrected chi connectivity index (χ1v) is 6.84. The molecule has 0 saturated carbocycles. The molecule has 6 heteroatoms. The van der Waals surface area contributed by atoms with Crippen LogP contribution >= 0.6 is 0 Å². The molecule has 0 atom stereocenters. The molecule has 1 aromatic rings. The van der Waals surface area contributed by atoms with Gasteiger partial charge in [0.25, 0.3) is 5.69 Å². The minimum absolute atomic E-state index is 0.0443. The van der Waals surface area contributed by atoms with Crippen molar-refractivity contribution in [3.05, 3.63) is 46.4 Å². The number of nitro groups is 1. The standard InChI is InChI=1S/C15H20N2O4/c1-15(2,3)16-8-9-20-14(10-16)11-21-13-6-4-12(5-7-13)17(18)19/h4-7,11H,8-10H2,1-3H3. The van der Waals surface area contributed by atoms with Gasteiger partial charge in [0.2, 0.25) is 0 Å². The summed E-state index contributed by atoms with van der Waals surface area (Å²) < 4.78 is 11.1. The zero-order valence-corrected chi connectivity index (χ0v) is 12.5. The number of nitro benzene ring substituents is 1. The summed E-state index contributed by atoms with van der Waals surface area (Å²) in [5.41, 5.74) is 0.124. The molecule has 0 aliphatic carbocycles. The molecule has 0 amide bonds. The van der Waals surface area contributed by atoms with Crippen LogP contribution in [-0.4, -0.2) is 35.1 Å². The number of hydrogen-bond donors (Lipinski definition) is 0. The average molecular weight is 292 g/mol. The van der Waals surface area contributed by atoms with Crippen LogP contribution in [0.15, 0.2) is 36.3 Å². The van der Waals surface area contributed by atoms with Crippen molar-refractivity contribution in [3.8, 4) is 5.75 Å². The third-order valence-electron chi connectivity index (χ3n) is 3.32. The van der Waals surface area contributed by atoms with Crippen LogP contribution in [0.2, 0.25) is 0 Å². The van der Waals surface area contributed by atoms with Gasteiger partial charge in [-0.3, -0.25) is 15.0 Å². The normalized spacial score (nSPS) is 18.3. The summed E-state index contributed by atoms with van der Waals surface area (Å²) in [5, 5.41) is 10.6. The summed E-state index contributed by atoms with van der Waals surface area (Å²) in [6.45, 7) is 8.69. The Balaban J connectivity index is 1.98. The fourth-order valence-corrected chi connectivity index (χ4v) is 2.02. The van der Waals surface area contributed by atoms with Gasteiger partial charge in [-0.1, -0.05) is 0 Å². The zero-order chi connectivity index (χ0) is 15.5. The molecule has 2 rings (SSSR count). The SMILES string of the molecule is CC(C)(C)N1CCOC(=COc2ccc([N+](=O)[O-])cc2)C1. The van der Waals surface area contributed by atoms with Gasteiger partial charge >= 0.3 is 0 Å². The molecule has 0 aromatic heterocycles. The first kappa shape index (κ1) is 15.3. The molecular weight excluding hydrogens is 272 g/mol. The highest BCUT2D eigenvalue weighted by Crippen LogP contribution is 2.21. The molecule has 1 aromatic carbocycles. The summed E-state index contributed by atoms with van der Waals surface area (Å²) in [6, 6.07) is 5.97. The van der Waals surface area contributed by atoms with Crippen LogP contribution in [0.4, 0.5) is 5.69 Å². The van der Waals surface area contributed by atoms with E-state index in [1.54, 1.807) is 18.4 Å². The second-order valence-corrected chi connectivity index (χ2v) is 5.89. The highest BCUT2D eigenvalue weighted by molar-refractivity contribution is 5.36. The maximum atomic E-state index is 10.6. The van der Waals surface area contributed by atoms with E-state index in [-0.39, 0.29) is 11.2 Å². The van der Waals surface area contributed by atoms with Crippen molar-refractivity contribution in [1.82, 2.24) is 4.90 Å². The Morgan fingerprint density at radius 2 is 2.00 bits per heavy atom. The molecule has 0 spiro atoms. The van der Waals surface area contributed by atoms with Gasteiger partial charge in [0.15, 0.2) is 0 Å². The third-order valence-corrected chi connectivity index (χ3v) is 3.32. The van der Waals surface area contributed by atoms with Crippen molar-refractivity contribution in [3.63, 3.8) is 0 Å². The van der Waals surface area contributed by atoms with Gasteiger partial charge < -0.3 is 9.47 Å². The number of nitrogens with zero attached hydrogens (tertiary/aromatic N) is 2. The number of ether oxygens (including phenoxy) is 2. The highest BCUT2D eigenvalue weighted by atomic mass is 16.6. The van der Waals surface area contributed by atoms with Crippen LogP contribution in [0.25, 0.3) is 0 Å². The summed E-state index contributed by atoms with van der Waals surface area (Å²) in [5.74, 6) is 1.30. The lowest BCUT2D eigenvalue weighted by molar-refractivity contribution is -0.384. The van der Waals surface area contributed by atoms with Crippen molar-refractivity contribution >= 4 is 5.69 Å². The molecule has 6 nitrogen and oxygen atoms in total. The lowest BCUT2D eigenvalue weighted by atomic mass is 10.1. The number of benzene rings is 1. The zero-order valence-electron chi connectivity index (χ0n) is 12.5. The predicted molar refractivity (Wildman–Crippen MR) is 79.1 cm³/mol. The van der Waals surface area contributed by atoms with E-state index in [9.17, 15) is 10.1 Å². The molecule has 0 bridgehead atoms. The topological polar surface area (TPSA) is 64.8 Å². The number of hydrogen-bond acceptors (Lipinski definition) is 5. The number of morpholine rings is 1. The van der Waals surface area contributed by atoms with Gasteiger partial charge in [-0.15, -0.1) is 0 Å². The second kappa shape index (κ2) is 6.13. The lowest BCUT2D eigenvalue weighted by Crippen LogP contribution is -2.47. The molecule has 1 aliphatic rings. The van der Waals surface area contributed by atoms with E-state index in [1.165, 1.54) is 12.1 Å². The smallest absolute Gasteiger partial charge is 0.269 e. The first-order chi connectivity index (χ1) is 9.86. The van der Waals surface area contributed by atoms with Gasteiger partial charge in [-0.2, -0.15) is 0 Å². The molecule has 0 N–H and O–H groups in total. The van der Waals surface area contributed by atoms with E-state index >= 15 is 0 Å². The van der Waals surface area contributed by atoms with E-state index in [1.807, 2.05) is 0 Å². The summed E-state index contributed by atoms with van der Waals surface area (Å²) in [4.78, 5) is 12.4. The van der Waals surface area contributed by atoms with Gasteiger partial charge in [0, 0.05) is 24.2 Å². The number of rotatable bonds is 3. The van der Waals surface area contributed by atoms with E-state index < -0.39 is 4.92 Å². The van der Waals surface area contributed by atoms with Crippen molar-refractivity contribution in [2.45, 2.75) is 26.3 Å². The van der Waals surface area contributed by atoms with Crippen molar-refractivity contribution < 1.29 is 14.4 Å². The van der Waals surface area contributed by atoms with E-state index in [2.05, 4.69) is 25.7 Å². The maximum absolute atomic E-state index is 10.6. The van der Waals surface area contributed by atoms with Gasteiger partial charge in [-0.05, 0) is 32.9 Å². The number of non-ortho nitro benzene ring substituents is 1. The minimum atomic E-state index is -0.437. The van der Waals surface area contributed by atoms with Crippen LogP contribution in [0.5, 0.6) is 5.75 Å². The van der Waals surface area contributed by atoms with E-state index in [4.69, 9.17) is 9.47 Å². The van der Waals surface area contributed by atoms with Crippen LogP contribution in [0.1, 0.15) is 20.8 Å². The molecule has 1 fully saturated rings. The molecular formula is C15H20N2O4. The van der Waals surface area contributed by atoms with Crippen LogP contribution < -0.4 is 4.74 Å². The molecule has 1 aliphatic heterocycles. The van der Waals surface area contributed by atoms with Crippen molar-refractivity contribution in [1.29, 1.82) is 0 Å². The first-order valence-electron chi connectivity index (χ1n) is 6.84. The Labute approximate surface area is 124 Å². The Hall–Kier alpha value is -2.08. The largest absolute Gasteiger partial charge is 0.492 e. The summed E-state index contributed by atoms with van der Waals surface area (Å²) in [6.07, 6.45) is 1.57. The van der Waals surface area contributed by atoms with Gasteiger partial charge in [-0.25, -0.2) is 0 Å². The van der Waals surface area contributed by atoms with Crippen molar-refractivity contribution in [2.24, 2.45) is 0 Å². The van der Waals surface area contributed by atoms with Crippen LogP contribution in [0.3, 0.4) is 0 Å². The monoisotopic (exact) mass is 292 g/mol. The predicted octanol–water partition coefficient (Wildman–Crippen LogP) is 2.95. The molecule has 114 valence electrons. The molecule has 21 heavy (non-hydrogen) atoms. The minimum Gasteiger partial charge on any atom is -0.492 e. The molecule has 1 saturated heterocycles. The fraction of sp³-hybridized carbons (Fsp3) is 0.467. The summed E-state index contributed by atoms with van der Waals surface area (Å²) >= 11 is 0. The van der Waals surface area contributed by atoms with E-state index in [0.29, 0.717) is 18.9 Å². The Bertz CT molecular complexity index is 532. The quantitative estimate of drug-likeness (QED) is 0.487. The van der Waals surface area contributed by atoms with Gasteiger partial charge in [0.1, 0.15) is 24.4 Å². The summed E-state index contributed by atoms with van der Waals surface area (Å²) in [7, 11) is 0. The van der Waals surface area contributed by atoms with Crippen LogP contribution in [-0.2, 0) is 4.74 Å². The maximum Gasteiger partial charge on any atom is 0.269 e. The Morgan fingerprint density at radius 3 is 2.57 bits per heavy atom. The van der Waals surface area contributed by atoms with Gasteiger partial charge in [0.05, 0.1) is 11.5 Å². The van der Waals surface area contributed by atoms with E-state index in [0.717, 1.165) is 12.3 Å².